The molecule has 3 atom stereocenters. The van der Waals surface area contributed by atoms with Crippen molar-refractivity contribution in [2.75, 3.05) is 13.1 Å². The summed E-state index contributed by atoms with van der Waals surface area (Å²) in [5.41, 5.74) is 2.15. The second-order valence-electron chi connectivity index (χ2n) is 13.4. The number of alkyl halides is 6. The number of carbonyl (C=O) groups is 1. The molecule has 0 radical (unpaired) electrons. The van der Waals surface area contributed by atoms with Gasteiger partial charge in [0.05, 0.1) is 17.0 Å². The molecule has 0 spiro atoms. The number of rotatable bonds is 11. The average molecular weight is 648 g/mol. The normalized spacial score (nSPS) is 17.8. The van der Waals surface area contributed by atoms with Crippen LogP contribution in [0.1, 0.15) is 105 Å². The summed E-state index contributed by atoms with van der Waals surface area (Å²) >= 11 is 0. The summed E-state index contributed by atoms with van der Waals surface area (Å²) in [6, 6.07) is 15.9. The standard InChI is InChI=1S/C37H43F6NO2/c1-23(2)7-16-34(26-10-14-32(15-11-26)37(41,42)43)44-17-5-6-27(22-44)29-19-28(25-8-12-31(13-9-25)36(38,39)40)20-30(21-29)33(35(45)46)18-24(3)4/h8-15,19-21,23-24,27,33-34H,5-7,16-18,22H2,1-4H3,(H,45,46). The smallest absolute Gasteiger partial charge is 0.416 e. The summed E-state index contributed by atoms with van der Waals surface area (Å²) in [5.74, 6) is -1.21. The number of halogens is 6. The van der Waals surface area contributed by atoms with Crippen molar-refractivity contribution in [1.29, 1.82) is 0 Å². The van der Waals surface area contributed by atoms with E-state index >= 15 is 0 Å². The topological polar surface area (TPSA) is 40.5 Å². The van der Waals surface area contributed by atoms with Gasteiger partial charge in [0.1, 0.15) is 0 Å². The van der Waals surface area contributed by atoms with Crippen LogP contribution in [0.2, 0.25) is 0 Å². The molecule has 1 saturated heterocycles. The second-order valence-corrected chi connectivity index (χ2v) is 13.4. The van der Waals surface area contributed by atoms with Gasteiger partial charge in [-0.05, 0) is 108 Å². The van der Waals surface area contributed by atoms with Gasteiger partial charge in [0, 0.05) is 12.6 Å². The van der Waals surface area contributed by atoms with Gasteiger partial charge in [-0.2, -0.15) is 26.3 Å². The van der Waals surface area contributed by atoms with Crippen molar-refractivity contribution in [3.8, 4) is 11.1 Å². The van der Waals surface area contributed by atoms with Gasteiger partial charge in [-0.1, -0.05) is 70.2 Å². The van der Waals surface area contributed by atoms with Crippen LogP contribution in [0.25, 0.3) is 11.1 Å². The highest BCUT2D eigenvalue weighted by Crippen LogP contribution is 2.40. The molecule has 1 N–H and O–H groups in total. The lowest BCUT2D eigenvalue weighted by molar-refractivity contribution is -0.139. The molecule has 9 heteroatoms. The van der Waals surface area contributed by atoms with Gasteiger partial charge in [-0.3, -0.25) is 9.69 Å². The maximum absolute atomic E-state index is 13.3. The van der Waals surface area contributed by atoms with Crippen LogP contribution in [-0.2, 0) is 17.1 Å². The first kappa shape index (κ1) is 35.5. The number of hydrogen-bond donors (Lipinski definition) is 1. The zero-order valence-corrected chi connectivity index (χ0v) is 26.8. The van der Waals surface area contributed by atoms with E-state index in [1.807, 2.05) is 26.0 Å². The lowest BCUT2D eigenvalue weighted by Crippen LogP contribution is -2.37. The summed E-state index contributed by atoms with van der Waals surface area (Å²) < 4.78 is 79.8. The molecule has 250 valence electrons. The summed E-state index contributed by atoms with van der Waals surface area (Å²) in [5, 5.41) is 10.2. The molecule has 1 heterocycles. The Hall–Kier alpha value is -3.33. The van der Waals surface area contributed by atoms with E-state index in [9.17, 15) is 36.2 Å². The molecule has 3 aromatic carbocycles. The van der Waals surface area contributed by atoms with Gasteiger partial charge in [-0.25, -0.2) is 0 Å². The minimum absolute atomic E-state index is 0.00592. The van der Waals surface area contributed by atoms with Crippen LogP contribution in [0.5, 0.6) is 0 Å². The van der Waals surface area contributed by atoms with Crippen LogP contribution in [0, 0.1) is 11.8 Å². The fourth-order valence-electron chi connectivity index (χ4n) is 6.49. The predicted molar refractivity (Wildman–Crippen MR) is 169 cm³/mol. The molecular formula is C37H43F6NO2. The first-order valence-corrected chi connectivity index (χ1v) is 16.0. The highest BCUT2D eigenvalue weighted by atomic mass is 19.4. The van der Waals surface area contributed by atoms with Gasteiger partial charge < -0.3 is 5.11 Å². The number of piperidine rings is 1. The molecule has 46 heavy (non-hydrogen) atoms. The van der Waals surface area contributed by atoms with E-state index in [1.165, 1.54) is 12.1 Å². The fraction of sp³-hybridized carbons (Fsp3) is 0.486. The van der Waals surface area contributed by atoms with Crippen molar-refractivity contribution in [3.63, 3.8) is 0 Å². The van der Waals surface area contributed by atoms with E-state index in [-0.39, 0.29) is 17.9 Å². The molecule has 1 aliphatic heterocycles. The number of likely N-dealkylation sites (tertiary alicyclic amines) is 1. The summed E-state index contributed by atoms with van der Waals surface area (Å²) in [4.78, 5) is 14.8. The molecule has 1 aliphatic rings. The Morgan fingerprint density at radius 2 is 1.37 bits per heavy atom. The Kier molecular flexibility index (Phi) is 11.3. The van der Waals surface area contributed by atoms with Crippen molar-refractivity contribution in [1.82, 2.24) is 4.90 Å². The summed E-state index contributed by atoms with van der Waals surface area (Å²) in [6.45, 7) is 9.54. The van der Waals surface area contributed by atoms with Crippen LogP contribution in [0.15, 0.2) is 66.7 Å². The fourth-order valence-corrected chi connectivity index (χ4v) is 6.49. The monoisotopic (exact) mass is 647 g/mol. The summed E-state index contributed by atoms with van der Waals surface area (Å²) in [6.07, 6.45) is -5.12. The molecule has 0 aliphatic carbocycles. The third-order valence-electron chi connectivity index (χ3n) is 8.94. The first-order chi connectivity index (χ1) is 21.5. The molecule has 0 saturated carbocycles. The van der Waals surface area contributed by atoms with Gasteiger partial charge in [0.2, 0.25) is 0 Å². The highest BCUT2D eigenvalue weighted by Gasteiger charge is 2.33. The highest BCUT2D eigenvalue weighted by molar-refractivity contribution is 5.78. The van der Waals surface area contributed by atoms with Crippen LogP contribution in [-0.4, -0.2) is 29.1 Å². The van der Waals surface area contributed by atoms with Crippen molar-refractivity contribution < 1.29 is 36.2 Å². The molecule has 3 unspecified atom stereocenters. The quantitative estimate of drug-likeness (QED) is 0.211. The first-order valence-electron chi connectivity index (χ1n) is 16.0. The maximum atomic E-state index is 13.3. The Bertz CT molecular complexity index is 1440. The van der Waals surface area contributed by atoms with E-state index in [1.54, 1.807) is 18.2 Å². The zero-order valence-electron chi connectivity index (χ0n) is 26.8. The number of carboxylic acid groups (broad SMARTS) is 1. The van der Waals surface area contributed by atoms with Crippen molar-refractivity contribution in [2.24, 2.45) is 11.8 Å². The van der Waals surface area contributed by atoms with E-state index < -0.39 is 35.4 Å². The molecule has 1 fully saturated rings. The molecule has 3 nitrogen and oxygen atoms in total. The van der Waals surface area contributed by atoms with E-state index in [2.05, 4.69) is 18.7 Å². The maximum Gasteiger partial charge on any atom is 0.416 e. The molecule has 0 aromatic heterocycles. The average Bonchev–Trinajstić information content (AvgIpc) is 2.99. The van der Waals surface area contributed by atoms with Gasteiger partial charge in [0.25, 0.3) is 0 Å². The van der Waals surface area contributed by atoms with E-state index in [0.717, 1.165) is 67.6 Å². The minimum atomic E-state index is -4.47. The predicted octanol–water partition coefficient (Wildman–Crippen LogP) is 11.0. The minimum Gasteiger partial charge on any atom is -0.481 e. The third kappa shape index (κ3) is 9.14. The van der Waals surface area contributed by atoms with E-state index in [4.69, 9.17) is 0 Å². The molecule has 3 aromatic rings. The SMILES string of the molecule is CC(C)CCC(c1ccc(C(F)(F)F)cc1)N1CCCC(c2cc(-c3ccc(C(F)(F)F)cc3)cc(C(CC(C)C)C(=O)O)c2)C1. The Morgan fingerprint density at radius 1 is 0.783 bits per heavy atom. The number of benzene rings is 3. The van der Waals surface area contributed by atoms with Crippen LogP contribution >= 0.6 is 0 Å². The molecular weight excluding hydrogens is 604 g/mol. The number of carboxylic acids is 1. The molecule has 0 amide bonds. The number of aliphatic carboxylic acids is 1. The van der Waals surface area contributed by atoms with Crippen molar-refractivity contribution >= 4 is 5.97 Å². The molecule has 0 bridgehead atoms. The van der Waals surface area contributed by atoms with E-state index in [0.29, 0.717) is 35.6 Å². The third-order valence-corrected chi connectivity index (χ3v) is 8.94. The van der Waals surface area contributed by atoms with Crippen LogP contribution in [0.3, 0.4) is 0 Å². The lowest BCUT2D eigenvalue weighted by atomic mass is 9.82. The largest absolute Gasteiger partial charge is 0.481 e. The number of hydrogen-bond acceptors (Lipinski definition) is 2. The second kappa shape index (κ2) is 14.6. The Labute approximate surface area is 267 Å². The van der Waals surface area contributed by atoms with Gasteiger partial charge in [-0.15, -0.1) is 0 Å². The zero-order chi connectivity index (χ0) is 33.8. The van der Waals surface area contributed by atoms with Gasteiger partial charge >= 0.3 is 18.3 Å². The lowest BCUT2D eigenvalue weighted by Gasteiger charge is -2.39. The Morgan fingerprint density at radius 3 is 1.89 bits per heavy atom. The van der Waals surface area contributed by atoms with Crippen molar-refractivity contribution in [2.45, 2.75) is 90.0 Å². The molecule has 4 rings (SSSR count). The van der Waals surface area contributed by atoms with Crippen LogP contribution in [0.4, 0.5) is 26.3 Å². The van der Waals surface area contributed by atoms with Crippen molar-refractivity contribution in [3.05, 3.63) is 94.5 Å². The van der Waals surface area contributed by atoms with Gasteiger partial charge in [0.15, 0.2) is 0 Å². The van der Waals surface area contributed by atoms with Crippen LogP contribution < -0.4 is 0 Å². The number of nitrogens with zero attached hydrogens (tertiary/aromatic N) is 1. The Balaban J connectivity index is 1.72. The summed E-state index contributed by atoms with van der Waals surface area (Å²) in [7, 11) is 0.